The smallest absolute Gasteiger partial charge is 0.414 e. The topological polar surface area (TPSA) is 109 Å². The van der Waals surface area contributed by atoms with E-state index in [-0.39, 0.29) is 23.7 Å². The number of hydrogen-bond donors (Lipinski definition) is 2. The van der Waals surface area contributed by atoms with Gasteiger partial charge in [-0.15, -0.1) is 0 Å². The first-order valence-corrected chi connectivity index (χ1v) is 13.6. The van der Waals surface area contributed by atoms with Crippen molar-refractivity contribution >= 4 is 22.8 Å². The number of carbonyl (C=O) groups is 1. The maximum atomic E-state index is 12.5. The van der Waals surface area contributed by atoms with Gasteiger partial charge in [0, 0.05) is 58.6 Å². The number of ether oxygens (including phenoxy) is 1. The van der Waals surface area contributed by atoms with Crippen molar-refractivity contribution in [2.24, 2.45) is 5.92 Å². The Hall–Kier alpha value is -4.66. The van der Waals surface area contributed by atoms with E-state index in [0.717, 1.165) is 57.7 Å². The number of imidazole rings is 1. The minimum atomic E-state index is -0.290. The van der Waals surface area contributed by atoms with E-state index in [4.69, 9.17) is 9.84 Å². The average molecular weight is 537 g/mol. The van der Waals surface area contributed by atoms with Crippen LogP contribution in [0.5, 0.6) is 0 Å². The summed E-state index contributed by atoms with van der Waals surface area (Å²) in [6, 6.07) is 9.82. The molecule has 1 saturated carbocycles. The number of nitrogens with zero attached hydrogens (tertiary/aromatic N) is 4. The van der Waals surface area contributed by atoms with Crippen molar-refractivity contribution in [3.05, 3.63) is 88.4 Å². The Morgan fingerprint density at radius 2 is 1.95 bits per heavy atom. The van der Waals surface area contributed by atoms with E-state index in [1.807, 2.05) is 48.1 Å². The molecule has 1 aromatic carbocycles. The zero-order valence-electron chi connectivity index (χ0n) is 23.1. The average Bonchev–Trinajstić information content (AvgIpc) is 3.71. The number of benzene rings is 1. The number of nitrogens with one attached hydrogen (secondary N) is 2. The Labute approximate surface area is 231 Å². The van der Waals surface area contributed by atoms with Gasteiger partial charge in [-0.25, -0.2) is 14.3 Å². The van der Waals surface area contributed by atoms with Crippen LogP contribution < -0.4 is 5.69 Å². The minimum absolute atomic E-state index is 0.0721. The summed E-state index contributed by atoms with van der Waals surface area (Å²) >= 11 is 0. The Kier molecular flexibility index (Phi) is 6.50. The van der Waals surface area contributed by atoms with Gasteiger partial charge in [-0.1, -0.05) is 23.8 Å². The third-order valence-electron chi connectivity index (χ3n) is 7.68. The van der Waals surface area contributed by atoms with Crippen molar-refractivity contribution < 1.29 is 9.53 Å². The zero-order chi connectivity index (χ0) is 28.0. The number of aromatic nitrogens is 5. The monoisotopic (exact) mass is 536 g/mol. The third-order valence-corrected chi connectivity index (χ3v) is 7.68. The summed E-state index contributed by atoms with van der Waals surface area (Å²) in [6.45, 7) is 8.39. The molecule has 1 aliphatic heterocycles. The van der Waals surface area contributed by atoms with E-state index in [1.54, 1.807) is 17.3 Å². The number of para-hydroxylation sites is 1. The first-order valence-electron chi connectivity index (χ1n) is 13.6. The lowest BCUT2D eigenvalue weighted by atomic mass is 9.95. The molecular weight excluding hydrogens is 504 g/mol. The lowest BCUT2D eigenvalue weighted by Crippen LogP contribution is -2.34. The molecule has 2 aliphatic rings. The number of allylic oxidation sites excluding steroid dienone is 4. The van der Waals surface area contributed by atoms with Gasteiger partial charge in [-0.3, -0.25) is 9.88 Å². The Balaban J connectivity index is 1.54. The van der Waals surface area contributed by atoms with Crippen LogP contribution in [0.1, 0.15) is 39.3 Å². The highest BCUT2D eigenvalue weighted by atomic mass is 16.6. The number of rotatable bonds is 6. The normalized spacial score (nSPS) is 18.4. The molecule has 0 spiro atoms. The third kappa shape index (κ3) is 4.37. The molecule has 2 atom stereocenters. The molecule has 2 N–H and O–H groups in total. The van der Waals surface area contributed by atoms with Gasteiger partial charge >= 0.3 is 11.8 Å². The van der Waals surface area contributed by atoms with Gasteiger partial charge in [0.15, 0.2) is 0 Å². The van der Waals surface area contributed by atoms with Crippen LogP contribution in [0.3, 0.4) is 0 Å². The molecule has 204 valence electrons. The second kappa shape index (κ2) is 10.1. The van der Waals surface area contributed by atoms with Crippen molar-refractivity contribution in [2.75, 3.05) is 6.61 Å². The number of carbonyl (C=O) groups excluding carboxylic acids is 1. The molecule has 3 aromatic heterocycles. The van der Waals surface area contributed by atoms with Gasteiger partial charge in [0.1, 0.15) is 5.69 Å². The molecule has 9 heteroatoms. The standard InChI is InChI=1S/C31H32N6O3/c1-5-40-31(39)36-17-21-15-22(36)16-24(21)26(10-9-18(2)3)37-19(4)27(28(35-37)20-11-13-32-14-12-20)23-7-6-8-25-29(23)34-30(38)33-25/h6-14,17,22,24H,5,15-16H2,1-4H3,(H2,33,34,38)/b26-10-. The van der Waals surface area contributed by atoms with Crippen LogP contribution in [0.15, 0.2) is 77.0 Å². The highest BCUT2D eigenvalue weighted by Crippen LogP contribution is 2.47. The summed E-state index contributed by atoms with van der Waals surface area (Å²) in [5, 5.41) is 5.22. The molecule has 4 aromatic rings. The zero-order valence-corrected chi connectivity index (χ0v) is 23.1. The highest BCUT2D eigenvalue weighted by Gasteiger charge is 2.43. The number of aromatic amines is 2. The van der Waals surface area contributed by atoms with Crippen LogP contribution in [0.25, 0.3) is 39.1 Å². The molecule has 40 heavy (non-hydrogen) atoms. The van der Waals surface area contributed by atoms with Crippen molar-refractivity contribution in [1.82, 2.24) is 29.6 Å². The number of amides is 1. The van der Waals surface area contributed by atoms with Crippen LogP contribution in [0, 0.1) is 12.8 Å². The van der Waals surface area contributed by atoms with Crippen LogP contribution in [-0.4, -0.2) is 48.4 Å². The SMILES string of the molecule is CCOC(=O)N1C=C2CC1CC2/C(=C/C=C(C)C)n1nc(-c2ccncc2)c(-c2cccc3[nH]c(=O)[nH]c23)c1C. The van der Waals surface area contributed by atoms with Crippen molar-refractivity contribution in [3.8, 4) is 22.4 Å². The number of fused-ring (bicyclic) bond motifs is 3. The molecule has 9 nitrogen and oxygen atoms in total. The highest BCUT2D eigenvalue weighted by molar-refractivity contribution is 5.97. The van der Waals surface area contributed by atoms with Crippen LogP contribution in [-0.2, 0) is 4.74 Å². The van der Waals surface area contributed by atoms with Gasteiger partial charge in [0.05, 0.1) is 17.6 Å². The first kappa shape index (κ1) is 25.6. The summed E-state index contributed by atoms with van der Waals surface area (Å²) in [5.74, 6) is 0.103. The van der Waals surface area contributed by atoms with Gasteiger partial charge in [0.2, 0.25) is 0 Å². The molecule has 0 saturated heterocycles. The van der Waals surface area contributed by atoms with Gasteiger partial charge in [0.25, 0.3) is 0 Å². The predicted molar refractivity (Wildman–Crippen MR) is 155 cm³/mol. The molecule has 6 rings (SSSR count). The quantitative estimate of drug-likeness (QED) is 0.292. The van der Waals surface area contributed by atoms with Crippen LogP contribution in [0.2, 0.25) is 0 Å². The van der Waals surface area contributed by atoms with Crippen molar-refractivity contribution in [1.29, 1.82) is 0 Å². The van der Waals surface area contributed by atoms with Gasteiger partial charge in [-0.2, -0.15) is 5.10 Å². The molecule has 2 unspecified atom stereocenters. The second-order valence-electron chi connectivity index (χ2n) is 10.6. The molecule has 1 aliphatic carbocycles. The molecule has 2 bridgehead atoms. The summed E-state index contributed by atoms with van der Waals surface area (Å²) in [7, 11) is 0. The summed E-state index contributed by atoms with van der Waals surface area (Å²) < 4.78 is 7.32. The van der Waals surface area contributed by atoms with Gasteiger partial charge < -0.3 is 14.7 Å². The fourth-order valence-corrected chi connectivity index (χ4v) is 5.91. The predicted octanol–water partition coefficient (Wildman–Crippen LogP) is 6.03. The first-order chi connectivity index (χ1) is 19.4. The minimum Gasteiger partial charge on any atom is -0.449 e. The Morgan fingerprint density at radius 1 is 1.15 bits per heavy atom. The molecular formula is C31H32N6O3. The van der Waals surface area contributed by atoms with E-state index in [1.165, 1.54) is 11.1 Å². The Morgan fingerprint density at radius 3 is 2.65 bits per heavy atom. The number of pyridine rings is 1. The lowest BCUT2D eigenvalue weighted by Gasteiger charge is -2.27. The van der Waals surface area contributed by atoms with Crippen molar-refractivity contribution in [2.45, 2.75) is 46.6 Å². The van der Waals surface area contributed by atoms with Crippen LogP contribution >= 0.6 is 0 Å². The fraction of sp³-hybridized carbons (Fsp3) is 0.290. The Bertz CT molecular complexity index is 1750. The summed E-state index contributed by atoms with van der Waals surface area (Å²) in [6.07, 6.45) is 11.1. The van der Waals surface area contributed by atoms with E-state index in [2.05, 4.69) is 47.9 Å². The van der Waals surface area contributed by atoms with E-state index >= 15 is 0 Å². The maximum absolute atomic E-state index is 12.5. The van der Waals surface area contributed by atoms with Crippen molar-refractivity contribution in [3.63, 3.8) is 0 Å². The molecule has 4 heterocycles. The maximum Gasteiger partial charge on any atom is 0.414 e. The number of H-pyrrole nitrogens is 2. The largest absolute Gasteiger partial charge is 0.449 e. The van der Waals surface area contributed by atoms with E-state index < -0.39 is 0 Å². The second-order valence-corrected chi connectivity index (χ2v) is 10.6. The lowest BCUT2D eigenvalue weighted by molar-refractivity contribution is 0.111. The van der Waals surface area contributed by atoms with Gasteiger partial charge in [-0.05, 0) is 70.4 Å². The van der Waals surface area contributed by atoms with E-state index in [9.17, 15) is 9.59 Å². The van der Waals surface area contributed by atoms with Crippen LogP contribution in [0.4, 0.5) is 4.79 Å². The number of hydrogen-bond acceptors (Lipinski definition) is 5. The molecule has 0 radical (unpaired) electrons. The summed E-state index contributed by atoms with van der Waals surface area (Å²) in [5.41, 5.74) is 9.21. The molecule has 1 amide bonds. The summed E-state index contributed by atoms with van der Waals surface area (Å²) in [4.78, 5) is 36.5. The molecule has 1 fully saturated rings. The van der Waals surface area contributed by atoms with E-state index in [0.29, 0.717) is 6.61 Å². The fourth-order valence-electron chi connectivity index (χ4n) is 5.91.